The molecule has 0 aliphatic carbocycles. The summed E-state index contributed by atoms with van der Waals surface area (Å²) in [5.41, 5.74) is 0.258. The van der Waals surface area contributed by atoms with Crippen LogP contribution in [0.5, 0.6) is 5.75 Å². The fourth-order valence-corrected chi connectivity index (χ4v) is 3.25. The van der Waals surface area contributed by atoms with Gasteiger partial charge in [0, 0.05) is 24.1 Å². The van der Waals surface area contributed by atoms with Crippen molar-refractivity contribution in [3.63, 3.8) is 0 Å². The number of hydrogen-bond acceptors (Lipinski definition) is 3. The molecule has 1 fully saturated rings. The van der Waals surface area contributed by atoms with E-state index in [4.69, 9.17) is 0 Å². The van der Waals surface area contributed by atoms with Crippen LogP contribution in [0.25, 0.3) is 0 Å². The lowest BCUT2D eigenvalue weighted by atomic mass is 9.84. The molecule has 1 N–H and O–H groups in total. The van der Waals surface area contributed by atoms with Gasteiger partial charge in [-0.25, -0.2) is 4.79 Å². The van der Waals surface area contributed by atoms with Gasteiger partial charge >= 0.3 is 12.7 Å². The van der Waals surface area contributed by atoms with E-state index in [9.17, 15) is 18.7 Å². The Balaban J connectivity index is 2.32. The lowest BCUT2D eigenvalue weighted by molar-refractivity contribution is -0.0496. The van der Waals surface area contributed by atoms with Crippen molar-refractivity contribution in [2.24, 2.45) is 5.41 Å². The molecule has 1 aromatic rings. The molecule has 24 heavy (non-hydrogen) atoms. The number of carbonyl (C=O) groups is 1. The van der Waals surface area contributed by atoms with Crippen molar-refractivity contribution in [3.05, 3.63) is 22.7 Å². The van der Waals surface area contributed by atoms with Crippen LogP contribution >= 0.6 is 15.9 Å². The second-order valence-electron chi connectivity index (χ2n) is 6.79. The van der Waals surface area contributed by atoms with Gasteiger partial charge in [0.1, 0.15) is 0 Å². The first-order valence-corrected chi connectivity index (χ1v) is 8.38. The standard InChI is InChI=1S/C16H21BrF2N2O3/c1-16(2,3)13-9-20(6-7-21(13)15(22)23)11-5-4-10(17)8-12(11)24-14(18)19/h4-5,8,13-14H,6-7,9H2,1-3H3,(H,22,23). The van der Waals surface area contributed by atoms with Crippen molar-refractivity contribution < 1.29 is 23.4 Å². The average Bonchev–Trinajstić information content (AvgIpc) is 2.45. The van der Waals surface area contributed by atoms with Crippen molar-refractivity contribution in [3.8, 4) is 5.75 Å². The number of piperazine rings is 1. The van der Waals surface area contributed by atoms with Crippen molar-refractivity contribution >= 4 is 27.7 Å². The number of amides is 1. The number of ether oxygens (including phenoxy) is 1. The highest BCUT2D eigenvalue weighted by atomic mass is 79.9. The number of alkyl halides is 2. The smallest absolute Gasteiger partial charge is 0.407 e. The second kappa shape index (κ2) is 7.13. The molecule has 0 aromatic heterocycles. The van der Waals surface area contributed by atoms with E-state index in [-0.39, 0.29) is 17.2 Å². The molecule has 1 heterocycles. The van der Waals surface area contributed by atoms with E-state index in [0.717, 1.165) is 0 Å². The fraction of sp³-hybridized carbons (Fsp3) is 0.562. The average molecular weight is 407 g/mol. The molecular formula is C16H21BrF2N2O3. The molecule has 0 bridgehead atoms. The predicted molar refractivity (Wildman–Crippen MR) is 91.0 cm³/mol. The minimum atomic E-state index is -2.92. The van der Waals surface area contributed by atoms with Crippen LogP contribution in [0, 0.1) is 5.41 Å². The molecule has 1 amide bonds. The van der Waals surface area contributed by atoms with Gasteiger partial charge in [-0.15, -0.1) is 0 Å². The normalized spacial score (nSPS) is 18.9. The lowest BCUT2D eigenvalue weighted by Crippen LogP contribution is -2.59. The Morgan fingerprint density at radius 2 is 2.04 bits per heavy atom. The van der Waals surface area contributed by atoms with E-state index in [0.29, 0.717) is 29.8 Å². The lowest BCUT2D eigenvalue weighted by Gasteiger charge is -2.46. The maximum Gasteiger partial charge on any atom is 0.407 e. The van der Waals surface area contributed by atoms with E-state index in [2.05, 4.69) is 20.7 Å². The van der Waals surface area contributed by atoms with Crippen LogP contribution in [0.1, 0.15) is 20.8 Å². The number of anilines is 1. The molecule has 2 rings (SSSR count). The number of hydrogen-bond donors (Lipinski definition) is 1. The highest BCUT2D eigenvalue weighted by Crippen LogP contribution is 2.36. The molecule has 1 unspecified atom stereocenters. The Kier molecular flexibility index (Phi) is 5.57. The van der Waals surface area contributed by atoms with Crippen molar-refractivity contribution in [1.82, 2.24) is 4.90 Å². The highest BCUT2D eigenvalue weighted by molar-refractivity contribution is 9.10. The maximum absolute atomic E-state index is 12.7. The number of benzene rings is 1. The third-order valence-electron chi connectivity index (χ3n) is 4.10. The predicted octanol–water partition coefficient (Wildman–Crippen LogP) is 4.27. The summed E-state index contributed by atoms with van der Waals surface area (Å²) in [7, 11) is 0. The molecule has 1 aliphatic rings. The van der Waals surface area contributed by atoms with Crippen LogP contribution in [0.2, 0.25) is 0 Å². The van der Waals surface area contributed by atoms with Crippen LogP contribution in [0.3, 0.4) is 0 Å². The summed E-state index contributed by atoms with van der Waals surface area (Å²) >= 11 is 3.25. The summed E-state index contributed by atoms with van der Waals surface area (Å²) in [6, 6.07) is 4.70. The molecule has 1 saturated heterocycles. The first-order chi connectivity index (χ1) is 11.1. The van der Waals surface area contributed by atoms with Crippen molar-refractivity contribution in [1.29, 1.82) is 0 Å². The van der Waals surface area contributed by atoms with Crippen molar-refractivity contribution in [2.45, 2.75) is 33.4 Å². The van der Waals surface area contributed by atoms with E-state index in [1.54, 1.807) is 12.1 Å². The van der Waals surface area contributed by atoms with Gasteiger partial charge in [-0.3, -0.25) is 0 Å². The third-order valence-corrected chi connectivity index (χ3v) is 4.60. The summed E-state index contributed by atoms with van der Waals surface area (Å²) in [4.78, 5) is 14.8. The Bertz CT molecular complexity index is 607. The Morgan fingerprint density at radius 1 is 1.38 bits per heavy atom. The first kappa shape index (κ1) is 18.8. The van der Waals surface area contributed by atoms with Gasteiger partial charge in [0.15, 0.2) is 5.75 Å². The van der Waals surface area contributed by atoms with Crippen LogP contribution in [0.15, 0.2) is 22.7 Å². The number of carboxylic acid groups (broad SMARTS) is 1. The van der Waals surface area contributed by atoms with Crippen LogP contribution in [-0.4, -0.2) is 48.4 Å². The Labute approximate surface area is 148 Å². The molecule has 1 atom stereocenters. The maximum atomic E-state index is 12.7. The summed E-state index contributed by atoms with van der Waals surface area (Å²) in [5, 5.41) is 9.42. The molecule has 0 spiro atoms. The zero-order valence-electron chi connectivity index (χ0n) is 13.8. The van der Waals surface area contributed by atoms with Crippen LogP contribution < -0.4 is 9.64 Å². The van der Waals surface area contributed by atoms with Gasteiger partial charge in [-0.05, 0) is 23.6 Å². The molecule has 8 heteroatoms. The van der Waals surface area contributed by atoms with Crippen LogP contribution in [-0.2, 0) is 0 Å². The molecule has 134 valence electrons. The molecule has 5 nitrogen and oxygen atoms in total. The largest absolute Gasteiger partial charge is 0.465 e. The monoisotopic (exact) mass is 406 g/mol. The molecule has 0 radical (unpaired) electrons. The van der Waals surface area contributed by atoms with Crippen molar-refractivity contribution in [2.75, 3.05) is 24.5 Å². The molecule has 0 saturated carbocycles. The van der Waals surface area contributed by atoms with Gasteiger partial charge in [0.2, 0.25) is 0 Å². The van der Waals surface area contributed by atoms with Gasteiger partial charge in [0.25, 0.3) is 0 Å². The number of rotatable bonds is 3. The number of nitrogens with zero attached hydrogens (tertiary/aromatic N) is 2. The van der Waals surface area contributed by atoms with E-state index < -0.39 is 12.7 Å². The van der Waals surface area contributed by atoms with Gasteiger partial charge in [-0.2, -0.15) is 8.78 Å². The van der Waals surface area contributed by atoms with Gasteiger partial charge in [0.05, 0.1) is 11.7 Å². The minimum Gasteiger partial charge on any atom is -0.465 e. The highest BCUT2D eigenvalue weighted by Gasteiger charge is 2.38. The zero-order chi connectivity index (χ0) is 18.1. The van der Waals surface area contributed by atoms with Gasteiger partial charge < -0.3 is 19.6 Å². The minimum absolute atomic E-state index is 0.0795. The summed E-state index contributed by atoms with van der Waals surface area (Å²) in [6.45, 7) is 4.12. The molecular weight excluding hydrogens is 386 g/mol. The van der Waals surface area contributed by atoms with E-state index >= 15 is 0 Å². The molecule has 1 aromatic carbocycles. The van der Waals surface area contributed by atoms with E-state index in [1.165, 1.54) is 11.0 Å². The third kappa shape index (κ3) is 4.28. The summed E-state index contributed by atoms with van der Waals surface area (Å²) < 4.78 is 30.7. The second-order valence-corrected chi connectivity index (χ2v) is 7.71. The quantitative estimate of drug-likeness (QED) is 0.814. The first-order valence-electron chi connectivity index (χ1n) is 7.58. The summed E-state index contributed by atoms with van der Waals surface area (Å²) in [5.74, 6) is 0.0795. The van der Waals surface area contributed by atoms with Crippen LogP contribution in [0.4, 0.5) is 19.3 Å². The Hall–Kier alpha value is -1.57. The Morgan fingerprint density at radius 3 is 2.58 bits per heavy atom. The zero-order valence-corrected chi connectivity index (χ0v) is 15.4. The van der Waals surface area contributed by atoms with E-state index in [1.807, 2.05) is 25.7 Å². The number of halogens is 3. The molecule has 1 aliphatic heterocycles. The SMILES string of the molecule is CC(C)(C)C1CN(c2ccc(Br)cc2OC(F)F)CCN1C(=O)O. The summed E-state index contributed by atoms with van der Waals surface area (Å²) in [6.07, 6.45) is -0.963. The fourth-order valence-electron chi connectivity index (χ4n) is 2.91. The topological polar surface area (TPSA) is 53.0 Å². The van der Waals surface area contributed by atoms with Gasteiger partial charge in [-0.1, -0.05) is 36.7 Å².